The Morgan fingerprint density at radius 2 is 1.70 bits per heavy atom. The molecule has 0 spiro atoms. The summed E-state index contributed by atoms with van der Waals surface area (Å²) in [6, 6.07) is 15.4. The number of fused-ring (bicyclic) bond motifs is 6. The SMILES string of the molecule is Cc1cnc(-c2c(C)ccc3c2oc2cc4c(cc23)-c2cccnc2C4(C)C)cc1C(C)C. The van der Waals surface area contributed by atoms with Crippen LogP contribution >= 0.6 is 0 Å². The van der Waals surface area contributed by atoms with Crippen molar-refractivity contribution in [2.75, 3.05) is 0 Å². The molecule has 6 rings (SSSR count). The van der Waals surface area contributed by atoms with Crippen molar-refractivity contribution in [1.29, 1.82) is 0 Å². The van der Waals surface area contributed by atoms with Gasteiger partial charge in [-0.25, -0.2) is 0 Å². The Kier molecular flexibility index (Phi) is 4.14. The molecule has 0 bridgehead atoms. The highest BCUT2D eigenvalue weighted by molar-refractivity contribution is 6.11. The molecular formula is C30H28N2O. The number of rotatable bonds is 2. The van der Waals surface area contributed by atoms with Gasteiger partial charge in [-0.2, -0.15) is 0 Å². The second kappa shape index (κ2) is 6.77. The highest BCUT2D eigenvalue weighted by atomic mass is 16.3. The van der Waals surface area contributed by atoms with Gasteiger partial charge in [0.05, 0.1) is 11.4 Å². The van der Waals surface area contributed by atoms with Gasteiger partial charge in [-0.15, -0.1) is 0 Å². The van der Waals surface area contributed by atoms with E-state index in [0.29, 0.717) is 5.92 Å². The van der Waals surface area contributed by atoms with Crippen LogP contribution in [0.1, 0.15) is 61.6 Å². The predicted octanol–water partition coefficient (Wildman–Crippen LogP) is 8.09. The van der Waals surface area contributed by atoms with Crippen molar-refractivity contribution in [3.05, 3.63) is 82.8 Å². The fourth-order valence-electron chi connectivity index (χ4n) is 5.59. The van der Waals surface area contributed by atoms with E-state index in [-0.39, 0.29) is 5.41 Å². The van der Waals surface area contributed by atoms with E-state index in [1.54, 1.807) is 0 Å². The van der Waals surface area contributed by atoms with E-state index in [1.807, 2.05) is 18.5 Å². The van der Waals surface area contributed by atoms with Crippen molar-refractivity contribution < 1.29 is 4.42 Å². The average Bonchev–Trinajstić information content (AvgIpc) is 3.25. The fraction of sp³-hybridized carbons (Fsp3) is 0.267. The number of pyridine rings is 2. The third kappa shape index (κ3) is 2.75. The molecule has 33 heavy (non-hydrogen) atoms. The van der Waals surface area contributed by atoms with Crippen LogP contribution in [0.25, 0.3) is 44.3 Å². The van der Waals surface area contributed by atoms with Gasteiger partial charge < -0.3 is 4.42 Å². The van der Waals surface area contributed by atoms with Crippen LogP contribution in [0.3, 0.4) is 0 Å². The Bertz CT molecular complexity index is 1590. The fourth-order valence-corrected chi connectivity index (χ4v) is 5.59. The zero-order valence-corrected chi connectivity index (χ0v) is 20.1. The number of furan rings is 1. The first kappa shape index (κ1) is 20.2. The van der Waals surface area contributed by atoms with Crippen molar-refractivity contribution in [1.82, 2.24) is 9.97 Å². The summed E-state index contributed by atoms with van der Waals surface area (Å²) in [5, 5.41) is 2.28. The number of aromatic nitrogens is 2. The Morgan fingerprint density at radius 3 is 2.48 bits per heavy atom. The molecule has 0 amide bonds. The highest BCUT2D eigenvalue weighted by Crippen LogP contribution is 2.50. The van der Waals surface area contributed by atoms with Gasteiger partial charge in [-0.1, -0.05) is 45.9 Å². The Balaban J connectivity index is 1.65. The van der Waals surface area contributed by atoms with Crippen LogP contribution in [0, 0.1) is 13.8 Å². The van der Waals surface area contributed by atoms with Crippen LogP contribution in [-0.4, -0.2) is 9.97 Å². The van der Waals surface area contributed by atoms with E-state index in [9.17, 15) is 0 Å². The molecule has 164 valence electrons. The smallest absolute Gasteiger partial charge is 0.145 e. The van der Waals surface area contributed by atoms with Crippen molar-refractivity contribution in [3.63, 3.8) is 0 Å². The molecule has 0 atom stereocenters. The molecule has 2 aromatic carbocycles. The molecular weight excluding hydrogens is 404 g/mol. The van der Waals surface area contributed by atoms with Gasteiger partial charge in [-0.3, -0.25) is 9.97 Å². The molecule has 3 heteroatoms. The van der Waals surface area contributed by atoms with Crippen molar-refractivity contribution in [2.24, 2.45) is 0 Å². The maximum absolute atomic E-state index is 6.61. The molecule has 3 heterocycles. The molecule has 0 unspecified atom stereocenters. The Labute approximate surface area is 194 Å². The molecule has 1 aliphatic carbocycles. The first-order valence-electron chi connectivity index (χ1n) is 11.7. The summed E-state index contributed by atoms with van der Waals surface area (Å²) in [4.78, 5) is 9.54. The summed E-state index contributed by atoms with van der Waals surface area (Å²) in [5.74, 6) is 0.445. The number of benzene rings is 2. The molecule has 3 nitrogen and oxygen atoms in total. The Hall–Kier alpha value is -3.46. The largest absolute Gasteiger partial charge is 0.455 e. The number of aryl methyl sites for hydroxylation is 2. The van der Waals surface area contributed by atoms with E-state index in [1.165, 1.54) is 33.4 Å². The molecule has 0 saturated carbocycles. The third-order valence-electron chi connectivity index (χ3n) is 7.37. The van der Waals surface area contributed by atoms with Crippen LogP contribution in [0.4, 0.5) is 0 Å². The lowest BCUT2D eigenvalue weighted by atomic mass is 9.85. The molecule has 0 aliphatic heterocycles. The van der Waals surface area contributed by atoms with Gasteiger partial charge in [0.15, 0.2) is 0 Å². The normalized spacial score (nSPS) is 14.3. The van der Waals surface area contributed by atoms with Crippen molar-refractivity contribution in [2.45, 2.75) is 52.9 Å². The second-order valence-electron chi connectivity index (χ2n) is 10.2. The molecule has 1 aliphatic rings. The van der Waals surface area contributed by atoms with Gasteiger partial charge in [0.1, 0.15) is 11.2 Å². The number of hydrogen-bond acceptors (Lipinski definition) is 3. The summed E-state index contributed by atoms with van der Waals surface area (Å²) in [5.41, 5.74) is 12.4. The molecule has 0 fully saturated rings. The molecule has 5 aromatic rings. The maximum atomic E-state index is 6.61. The van der Waals surface area contributed by atoms with Gasteiger partial charge in [0.2, 0.25) is 0 Å². The minimum Gasteiger partial charge on any atom is -0.455 e. The lowest BCUT2D eigenvalue weighted by molar-refractivity contribution is 0.631. The summed E-state index contributed by atoms with van der Waals surface area (Å²) in [7, 11) is 0. The van der Waals surface area contributed by atoms with E-state index in [0.717, 1.165) is 38.9 Å². The van der Waals surface area contributed by atoms with Crippen molar-refractivity contribution in [3.8, 4) is 22.4 Å². The lowest BCUT2D eigenvalue weighted by Crippen LogP contribution is -2.16. The summed E-state index contributed by atoms with van der Waals surface area (Å²) in [6.07, 6.45) is 3.88. The molecule has 3 aromatic heterocycles. The first-order chi connectivity index (χ1) is 15.8. The van der Waals surface area contributed by atoms with Gasteiger partial charge in [0, 0.05) is 39.7 Å². The number of hydrogen-bond donors (Lipinski definition) is 0. The summed E-state index contributed by atoms with van der Waals surface area (Å²) >= 11 is 0. The van der Waals surface area contributed by atoms with E-state index in [2.05, 4.69) is 77.9 Å². The predicted molar refractivity (Wildman–Crippen MR) is 136 cm³/mol. The van der Waals surface area contributed by atoms with Gasteiger partial charge in [0.25, 0.3) is 0 Å². The van der Waals surface area contributed by atoms with E-state index < -0.39 is 0 Å². The minimum absolute atomic E-state index is 0.150. The van der Waals surface area contributed by atoms with E-state index in [4.69, 9.17) is 14.4 Å². The molecule has 0 saturated heterocycles. The third-order valence-corrected chi connectivity index (χ3v) is 7.37. The molecule has 0 radical (unpaired) electrons. The molecule has 0 N–H and O–H groups in total. The topological polar surface area (TPSA) is 38.9 Å². The summed E-state index contributed by atoms with van der Waals surface area (Å²) in [6.45, 7) is 13.2. The van der Waals surface area contributed by atoms with Gasteiger partial charge >= 0.3 is 0 Å². The highest BCUT2D eigenvalue weighted by Gasteiger charge is 2.37. The lowest BCUT2D eigenvalue weighted by Gasteiger charge is -2.19. The van der Waals surface area contributed by atoms with Crippen LogP contribution in [0.15, 0.2) is 59.3 Å². The number of nitrogens with zero attached hydrogens (tertiary/aromatic N) is 2. The van der Waals surface area contributed by atoms with Crippen LogP contribution < -0.4 is 0 Å². The van der Waals surface area contributed by atoms with Crippen LogP contribution in [-0.2, 0) is 5.41 Å². The quantitative estimate of drug-likeness (QED) is 0.283. The standard InChI is InChI=1S/C30H28N2O/c1-16(2)21-13-25(32-15-18(21)4)27-17(3)9-10-19-23-12-22-20-8-7-11-31-29(20)30(5,6)24(22)14-26(23)33-28(19)27/h7-16H,1-6H3. The second-order valence-corrected chi connectivity index (χ2v) is 10.2. The van der Waals surface area contributed by atoms with Crippen molar-refractivity contribution >= 4 is 21.9 Å². The Morgan fingerprint density at radius 1 is 0.879 bits per heavy atom. The monoisotopic (exact) mass is 432 g/mol. The maximum Gasteiger partial charge on any atom is 0.145 e. The van der Waals surface area contributed by atoms with Gasteiger partial charge in [-0.05, 0) is 71.8 Å². The zero-order chi connectivity index (χ0) is 23.1. The van der Waals surface area contributed by atoms with Crippen LogP contribution in [0.2, 0.25) is 0 Å². The minimum atomic E-state index is -0.150. The summed E-state index contributed by atoms with van der Waals surface area (Å²) < 4.78 is 6.61. The zero-order valence-electron chi connectivity index (χ0n) is 20.1. The average molecular weight is 433 g/mol. The van der Waals surface area contributed by atoms with Crippen LogP contribution in [0.5, 0.6) is 0 Å². The van der Waals surface area contributed by atoms with E-state index >= 15 is 0 Å². The first-order valence-corrected chi connectivity index (χ1v) is 11.7.